The lowest BCUT2D eigenvalue weighted by Gasteiger charge is -1.98. The highest BCUT2D eigenvalue weighted by atomic mass is 16.4. The van der Waals surface area contributed by atoms with E-state index in [4.69, 9.17) is 5.11 Å². The molecule has 0 unspecified atom stereocenters. The third-order valence-electron chi connectivity index (χ3n) is 0.451. The first-order valence-electron chi connectivity index (χ1n) is 2.13. The maximum Gasteiger partial charge on any atom is 0.326 e. The quantitative estimate of drug-likeness (QED) is 0.342. The fourth-order valence-electron chi connectivity index (χ4n) is 0.207. The Morgan fingerprint density at radius 3 is 2.44 bits per heavy atom. The number of hydrogen-bond acceptors (Lipinski definition) is 3. The summed E-state index contributed by atoms with van der Waals surface area (Å²) in [4.78, 5) is 19.6. The topological polar surface area (TPSA) is 104 Å². The number of primary amides is 1. The Labute approximate surface area is 51.0 Å². The predicted octanol–water partition coefficient (Wildman–Crippen LogP) is -1.76. The standard InChI is InChI=1S/C3H7N3O3/c4-3(9)6-5-1-2(7)8/h5H,1H2,(H,7,8)(H3,4,6,9). The molecule has 0 bridgehead atoms. The SMILES string of the molecule is NC(=O)NNCC(=O)O. The first-order chi connectivity index (χ1) is 4.13. The van der Waals surface area contributed by atoms with E-state index in [-0.39, 0.29) is 6.54 Å². The van der Waals surface area contributed by atoms with E-state index < -0.39 is 12.0 Å². The van der Waals surface area contributed by atoms with Crippen molar-refractivity contribution in [2.45, 2.75) is 0 Å². The van der Waals surface area contributed by atoms with Gasteiger partial charge in [-0.25, -0.2) is 10.2 Å². The number of nitrogens with one attached hydrogen (secondary N) is 2. The number of rotatable bonds is 3. The van der Waals surface area contributed by atoms with Crippen LogP contribution in [0.3, 0.4) is 0 Å². The van der Waals surface area contributed by atoms with Crippen LogP contribution >= 0.6 is 0 Å². The first kappa shape index (κ1) is 7.70. The minimum absolute atomic E-state index is 0.344. The summed E-state index contributed by atoms with van der Waals surface area (Å²) in [6.07, 6.45) is 0. The lowest BCUT2D eigenvalue weighted by Crippen LogP contribution is -2.43. The number of carbonyl (C=O) groups excluding carboxylic acids is 1. The molecule has 0 atom stereocenters. The van der Waals surface area contributed by atoms with Crippen molar-refractivity contribution < 1.29 is 14.7 Å². The van der Waals surface area contributed by atoms with Gasteiger partial charge in [0.1, 0.15) is 6.54 Å². The fraction of sp³-hybridized carbons (Fsp3) is 0.333. The zero-order valence-electron chi connectivity index (χ0n) is 4.55. The second-order valence-electron chi connectivity index (χ2n) is 1.24. The van der Waals surface area contributed by atoms with Crippen molar-refractivity contribution in [1.82, 2.24) is 10.9 Å². The molecule has 0 aromatic rings. The largest absolute Gasteiger partial charge is 0.480 e. The van der Waals surface area contributed by atoms with Crippen LogP contribution in [0.4, 0.5) is 4.79 Å². The Morgan fingerprint density at radius 2 is 2.11 bits per heavy atom. The highest BCUT2D eigenvalue weighted by Crippen LogP contribution is 1.54. The number of carbonyl (C=O) groups is 2. The molecule has 0 saturated heterocycles. The van der Waals surface area contributed by atoms with Crippen LogP contribution in [0.1, 0.15) is 0 Å². The minimum Gasteiger partial charge on any atom is -0.480 e. The summed E-state index contributed by atoms with van der Waals surface area (Å²) < 4.78 is 0. The van der Waals surface area contributed by atoms with Crippen LogP contribution in [0.2, 0.25) is 0 Å². The molecule has 5 N–H and O–H groups in total. The summed E-state index contributed by atoms with van der Waals surface area (Å²) in [5.74, 6) is -1.07. The summed E-state index contributed by atoms with van der Waals surface area (Å²) in [5.41, 5.74) is 8.52. The molecule has 2 amide bonds. The molecular weight excluding hydrogens is 126 g/mol. The van der Waals surface area contributed by atoms with Gasteiger partial charge in [0.05, 0.1) is 0 Å². The normalized spacial score (nSPS) is 8.44. The average molecular weight is 133 g/mol. The maximum absolute atomic E-state index is 9.84. The van der Waals surface area contributed by atoms with Gasteiger partial charge < -0.3 is 10.8 Å². The second kappa shape index (κ2) is 3.67. The van der Waals surface area contributed by atoms with Gasteiger partial charge in [-0.15, -0.1) is 0 Å². The van der Waals surface area contributed by atoms with Gasteiger partial charge >= 0.3 is 12.0 Å². The van der Waals surface area contributed by atoms with E-state index in [0.29, 0.717) is 0 Å². The highest BCUT2D eigenvalue weighted by Gasteiger charge is 1.94. The van der Waals surface area contributed by atoms with Gasteiger partial charge in [0.2, 0.25) is 0 Å². The molecule has 6 nitrogen and oxygen atoms in total. The Balaban J connectivity index is 3.10. The molecule has 9 heavy (non-hydrogen) atoms. The molecule has 0 rings (SSSR count). The van der Waals surface area contributed by atoms with Crippen molar-refractivity contribution >= 4 is 12.0 Å². The summed E-state index contributed by atoms with van der Waals surface area (Å²) >= 11 is 0. The van der Waals surface area contributed by atoms with Crippen molar-refractivity contribution in [3.8, 4) is 0 Å². The monoisotopic (exact) mass is 133 g/mol. The third kappa shape index (κ3) is 6.70. The molecule has 0 heterocycles. The molecule has 0 spiro atoms. The number of nitrogens with two attached hydrogens (primary N) is 1. The zero-order valence-corrected chi connectivity index (χ0v) is 4.55. The molecule has 0 aliphatic rings. The molecule has 0 fully saturated rings. The third-order valence-corrected chi connectivity index (χ3v) is 0.451. The van der Waals surface area contributed by atoms with E-state index in [1.807, 2.05) is 5.43 Å². The number of hydrazine groups is 1. The number of carboxylic acids is 1. The molecule has 0 saturated carbocycles. The van der Waals surface area contributed by atoms with Crippen LogP contribution in [0.15, 0.2) is 0 Å². The van der Waals surface area contributed by atoms with Crippen molar-refractivity contribution in [1.29, 1.82) is 0 Å². The molecule has 52 valence electrons. The molecule has 6 heteroatoms. The summed E-state index contributed by atoms with van der Waals surface area (Å²) in [6, 6.07) is -0.809. The van der Waals surface area contributed by atoms with E-state index in [2.05, 4.69) is 11.2 Å². The van der Waals surface area contributed by atoms with Crippen LogP contribution in [-0.4, -0.2) is 23.7 Å². The number of carboxylic acid groups (broad SMARTS) is 1. The van der Waals surface area contributed by atoms with Crippen molar-refractivity contribution in [2.24, 2.45) is 5.73 Å². The molecular formula is C3H7N3O3. The van der Waals surface area contributed by atoms with E-state index in [9.17, 15) is 9.59 Å². The highest BCUT2D eigenvalue weighted by molar-refractivity contribution is 5.72. The van der Waals surface area contributed by atoms with Crippen molar-refractivity contribution in [3.05, 3.63) is 0 Å². The average Bonchev–Trinajstić information content (AvgIpc) is 1.63. The number of urea groups is 1. The van der Waals surface area contributed by atoms with Crippen LogP contribution < -0.4 is 16.6 Å². The van der Waals surface area contributed by atoms with Gasteiger partial charge in [0, 0.05) is 0 Å². The van der Waals surface area contributed by atoms with Gasteiger partial charge in [0.25, 0.3) is 0 Å². The maximum atomic E-state index is 9.84. The number of hydrogen-bond donors (Lipinski definition) is 4. The van der Waals surface area contributed by atoms with Gasteiger partial charge in [-0.3, -0.25) is 10.2 Å². The van der Waals surface area contributed by atoms with E-state index >= 15 is 0 Å². The number of aliphatic carboxylic acids is 1. The second-order valence-corrected chi connectivity index (χ2v) is 1.24. The smallest absolute Gasteiger partial charge is 0.326 e. The van der Waals surface area contributed by atoms with E-state index in [1.165, 1.54) is 0 Å². The number of amides is 2. The van der Waals surface area contributed by atoms with Crippen LogP contribution in [0.25, 0.3) is 0 Å². The molecule has 0 aromatic heterocycles. The van der Waals surface area contributed by atoms with Gasteiger partial charge in [0.15, 0.2) is 0 Å². The molecule has 0 aliphatic carbocycles. The minimum atomic E-state index is -1.07. The predicted molar refractivity (Wildman–Crippen MR) is 28.4 cm³/mol. The summed E-state index contributed by atoms with van der Waals surface area (Å²) in [5, 5.41) is 7.97. The fourth-order valence-corrected chi connectivity index (χ4v) is 0.207. The Morgan fingerprint density at radius 1 is 1.56 bits per heavy atom. The lowest BCUT2D eigenvalue weighted by molar-refractivity contribution is -0.136. The van der Waals surface area contributed by atoms with Crippen LogP contribution in [0.5, 0.6) is 0 Å². The Bertz CT molecular complexity index is 109. The van der Waals surface area contributed by atoms with Gasteiger partial charge in [-0.2, -0.15) is 0 Å². The Hall–Kier alpha value is -1.30. The summed E-state index contributed by atoms with van der Waals surface area (Å²) in [6.45, 7) is -0.344. The first-order valence-corrected chi connectivity index (χ1v) is 2.13. The van der Waals surface area contributed by atoms with E-state index in [1.54, 1.807) is 0 Å². The molecule has 0 aromatic carbocycles. The van der Waals surface area contributed by atoms with Crippen LogP contribution in [-0.2, 0) is 4.79 Å². The lowest BCUT2D eigenvalue weighted by atomic mass is 10.7. The van der Waals surface area contributed by atoms with Gasteiger partial charge in [-0.05, 0) is 0 Å². The van der Waals surface area contributed by atoms with E-state index in [0.717, 1.165) is 0 Å². The zero-order chi connectivity index (χ0) is 7.28. The Kier molecular flexibility index (Phi) is 3.14. The van der Waals surface area contributed by atoms with Crippen molar-refractivity contribution in [3.63, 3.8) is 0 Å². The molecule has 0 aliphatic heterocycles. The van der Waals surface area contributed by atoms with Gasteiger partial charge in [-0.1, -0.05) is 0 Å². The van der Waals surface area contributed by atoms with Crippen molar-refractivity contribution in [2.75, 3.05) is 6.54 Å². The molecule has 0 radical (unpaired) electrons. The summed E-state index contributed by atoms with van der Waals surface area (Å²) in [7, 11) is 0. The van der Waals surface area contributed by atoms with Crippen LogP contribution in [0, 0.1) is 0 Å².